The molecule has 0 aliphatic carbocycles. The smallest absolute Gasteiger partial charge is 0.244 e. The highest BCUT2D eigenvalue weighted by molar-refractivity contribution is 5.83. The van der Waals surface area contributed by atoms with Crippen LogP contribution in [0.2, 0.25) is 0 Å². The van der Waals surface area contributed by atoms with Crippen LogP contribution >= 0.6 is 0 Å². The van der Waals surface area contributed by atoms with Gasteiger partial charge >= 0.3 is 0 Å². The van der Waals surface area contributed by atoms with Gasteiger partial charge in [-0.15, -0.1) is 0 Å². The van der Waals surface area contributed by atoms with E-state index in [2.05, 4.69) is 9.88 Å². The van der Waals surface area contributed by atoms with Crippen LogP contribution in [-0.4, -0.2) is 60.1 Å². The minimum atomic E-state index is -0.196. The highest BCUT2D eigenvalue weighted by Crippen LogP contribution is 2.25. The zero-order chi connectivity index (χ0) is 13.1. The molecule has 0 aromatic carbocycles. The summed E-state index contributed by atoms with van der Waals surface area (Å²) in [6.45, 7) is 4.78. The van der Waals surface area contributed by atoms with Gasteiger partial charge in [0.15, 0.2) is 0 Å². The molecule has 2 aliphatic rings. The Balaban J connectivity index is 1.83. The van der Waals surface area contributed by atoms with Crippen LogP contribution in [0.3, 0.4) is 0 Å². The van der Waals surface area contributed by atoms with Crippen molar-refractivity contribution < 1.29 is 9.53 Å². The average molecular weight is 261 g/mol. The van der Waals surface area contributed by atoms with Gasteiger partial charge in [-0.05, 0) is 18.1 Å². The lowest BCUT2D eigenvalue weighted by molar-refractivity contribution is -0.142. The van der Waals surface area contributed by atoms with Crippen LogP contribution < -0.4 is 0 Å². The number of rotatable bonds is 3. The third-order valence-corrected chi connectivity index (χ3v) is 3.81. The van der Waals surface area contributed by atoms with Gasteiger partial charge in [0.25, 0.3) is 0 Å². The van der Waals surface area contributed by atoms with Crippen LogP contribution in [0.5, 0.6) is 0 Å². The van der Waals surface area contributed by atoms with Gasteiger partial charge in [0.05, 0.1) is 13.2 Å². The first-order valence-corrected chi connectivity index (χ1v) is 6.87. The van der Waals surface area contributed by atoms with Gasteiger partial charge in [-0.1, -0.05) is 6.07 Å². The normalized spacial score (nSPS) is 21.8. The lowest BCUT2D eigenvalue weighted by Crippen LogP contribution is -2.51. The van der Waals surface area contributed by atoms with E-state index in [1.54, 1.807) is 12.4 Å². The molecule has 0 spiro atoms. The highest BCUT2D eigenvalue weighted by Gasteiger charge is 2.34. The Labute approximate surface area is 113 Å². The quantitative estimate of drug-likeness (QED) is 0.803. The van der Waals surface area contributed by atoms with Crippen LogP contribution in [0.1, 0.15) is 18.0 Å². The zero-order valence-electron chi connectivity index (χ0n) is 11.0. The van der Waals surface area contributed by atoms with E-state index in [-0.39, 0.29) is 11.9 Å². The minimum absolute atomic E-state index is 0.196. The Morgan fingerprint density at radius 3 is 2.63 bits per heavy atom. The third kappa shape index (κ3) is 2.62. The molecule has 0 saturated carbocycles. The maximum atomic E-state index is 12.6. The number of ether oxygens (including phenoxy) is 1. The van der Waals surface area contributed by atoms with Gasteiger partial charge in [0, 0.05) is 38.6 Å². The first-order valence-electron chi connectivity index (χ1n) is 6.87. The van der Waals surface area contributed by atoms with E-state index in [1.807, 2.05) is 17.0 Å². The fourth-order valence-corrected chi connectivity index (χ4v) is 2.59. The number of nitrogens with zero attached hydrogens (tertiary/aromatic N) is 3. The number of carbonyl (C=O) groups is 1. The van der Waals surface area contributed by atoms with Crippen LogP contribution in [0.4, 0.5) is 0 Å². The van der Waals surface area contributed by atoms with E-state index in [0.29, 0.717) is 13.2 Å². The standard InChI is InChI=1S/C14H19N3O2/c18-14(17-5-2-6-17)13(12-3-1-4-15-11-12)16-7-9-19-10-8-16/h1,3-4,11,13H,2,5-10H2/t13-/m1/s1. The number of likely N-dealkylation sites (tertiary alicyclic amines) is 1. The summed E-state index contributed by atoms with van der Waals surface area (Å²) in [5.74, 6) is 0.209. The summed E-state index contributed by atoms with van der Waals surface area (Å²) in [7, 11) is 0. The van der Waals surface area contributed by atoms with Crippen molar-refractivity contribution in [2.45, 2.75) is 12.5 Å². The van der Waals surface area contributed by atoms with E-state index in [4.69, 9.17) is 4.74 Å². The topological polar surface area (TPSA) is 45.7 Å². The van der Waals surface area contributed by atoms with Crippen molar-refractivity contribution >= 4 is 5.91 Å². The molecule has 5 heteroatoms. The predicted octanol–water partition coefficient (Wildman–Crippen LogP) is 0.687. The molecule has 5 nitrogen and oxygen atoms in total. The highest BCUT2D eigenvalue weighted by atomic mass is 16.5. The van der Waals surface area contributed by atoms with Gasteiger partial charge in [-0.25, -0.2) is 0 Å². The number of hydrogen-bond acceptors (Lipinski definition) is 4. The van der Waals surface area contributed by atoms with Gasteiger partial charge in [0.2, 0.25) is 5.91 Å². The molecule has 3 heterocycles. The van der Waals surface area contributed by atoms with Crippen molar-refractivity contribution in [2.24, 2.45) is 0 Å². The van der Waals surface area contributed by atoms with E-state index in [1.165, 1.54) is 0 Å². The molecular weight excluding hydrogens is 242 g/mol. The van der Waals surface area contributed by atoms with Gasteiger partial charge < -0.3 is 9.64 Å². The van der Waals surface area contributed by atoms with Crippen molar-refractivity contribution in [1.82, 2.24) is 14.8 Å². The summed E-state index contributed by atoms with van der Waals surface area (Å²) in [6.07, 6.45) is 4.67. The fourth-order valence-electron chi connectivity index (χ4n) is 2.59. The molecule has 2 aliphatic heterocycles. The maximum absolute atomic E-state index is 12.6. The van der Waals surface area contributed by atoms with Crippen molar-refractivity contribution in [2.75, 3.05) is 39.4 Å². The third-order valence-electron chi connectivity index (χ3n) is 3.81. The molecule has 19 heavy (non-hydrogen) atoms. The predicted molar refractivity (Wildman–Crippen MR) is 70.6 cm³/mol. The summed E-state index contributed by atoms with van der Waals surface area (Å²) < 4.78 is 5.38. The lowest BCUT2D eigenvalue weighted by atomic mass is 10.0. The van der Waals surface area contributed by atoms with Crippen molar-refractivity contribution in [3.8, 4) is 0 Å². The van der Waals surface area contributed by atoms with Gasteiger partial charge in [0.1, 0.15) is 6.04 Å². The second-order valence-corrected chi connectivity index (χ2v) is 5.02. The Morgan fingerprint density at radius 1 is 1.26 bits per heavy atom. The maximum Gasteiger partial charge on any atom is 0.244 e. The Hall–Kier alpha value is -1.46. The molecule has 1 aromatic rings. The molecule has 2 fully saturated rings. The van der Waals surface area contributed by atoms with Gasteiger partial charge in [-0.3, -0.25) is 14.7 Å². The van der Waals surface area contributed by atoms with Crippen molar-refractivity contribution in [1.29, 1.82) is 0 Å². The number of hydrogen-bond donors (Lipinski definition) is 0. The average Bonchev–Trinajstić information content (AvgIpc) is 2.39. The van der Waals surface area contributed by atoms with E-state index >= 15 is 0 Å². The Morgan fingerprint density at radius 2 is 2.05 bits per heavy atom. The summed E-state index contributed by atoms with van der Waals surface area (Å²) in [6, 6.07) is 3.69. The number of pyridine rings is 1. The largest absolute Gasteiger partial charge is 0.379 e. The summed E-state index contributed by atoms with van der Waals surface area (Å²) >= 11 is 0. The molecule has 0 radical (unpaired) electrons. The van der Waals surface area contributed by atoms with Crippen LogP contribution in [0.15, 0.2) is 24.5 Å². The van der Waals surface area contributed by atoms with Crippen LogP contribution in [0.25, 0.3) is 0 Å². The van der Waals surface area contributed by atoms with Crippen molar-refractivity contribution in [3.63, 3.8) is 0 Å². The van der Waals surface area contributed by atoms with Gasteiger partial charge in [-0.2, -0.15) is 0 Å². The molecule has 0 bridgehead atoms. The second kappa shape index (κ2) is 5.67. The second-order valence-electron chi connectivity index (χ2n) is 5.02. The van der Waals surface area contributed by atoms with Crippen LogP contribution in [0, 0.1) is 0 Å². The number of amides is 1. The zero-order valence-corrected chi connectivity index (χ0v) is 11.0. The SMILES string of the molecule is O=C([C@@H](c1cccnc1)N1CCOCC1)N1CCC1. The summed E-state index contributed by atoms with van der Waals surface area (Å²) in [5, 5.41) is 0. The molecule has 1 amide bonds. The molecule has 0 unspecified atom stereocenters. The van der Waals surface area contributed by atoms with E-state index < -0.39 is 0 Å². The van der Waals surface area contributed by atoms with Crippen molar-refractivity contribution in [3.05, 3.63) is 30.1 Å². The Bertz CT molecular complexity index is 428. The molecule has 3 rings (SSSR count). The lowest BCUT2D eigenvalue weighted by Gasteiger charge is -2.39. The molecule has 0 N–H and O–H groups in total. The number of morpholine rings is 1. The molecule has 2 saturated heterocycles. The number of aromatic nitrogens is 1. The molecule has 1 aromatic heterocycles. The van der Waals surface area contributed by atoms with Crippen LogP contribution in [-0.2, 0) is 9.53 Å². The summed E-state index contributed by atoms with van der Waals surface area (Å²) in [4.78, 5) is 20.9. The van der Waals surface area contributed by atoms with E-state index in [0.717, 1.165) is 38.2 Å². The fraction of sp³-hybridized carbons (Fsp3) is 0.571. The first-order chi connectivity index (χ1) is 9.36. The molecular formula is C14H19N3O2. The first kappa shape index (κ1) is 12.6. The monoisotopic (exact) mass is 261 g/mol. The molecule has 1 atom stereocenters. The Kier molecular flexibility index (Phi) is 3.75. The summed E-state index contributed by atoms with van der Waals surface area (Å²) in [5.41, 5.74) is 0.987. The number of carbonyl (C=O) groups excluding carboxylic acids is 1. The molecule has 102 valence electrons. The minimum Gasteiger partial charge on any atom is -0.379 e. The van der Waals surface area contributed by atoms with E-state index in [9.17, 15) is 4.79 Å².